The lowest BCUT2D eigenvalue weighted by molar-refractivity contribution is 0.0956. The van der Waals surface area contributed by atoms with Crippen LogP contribution in [0.25, 0.3) is 21.5 Å². The molecule has 6 heteroatoms. The van der Waals surface area contributed by atoms with E-state index in [0.717, 1.165) is 38.5 Å². The molecule has 29 heavy (non-hydrogen) atoms. The molecule has 0 aliphatic heterocycles. The van der Waals surface area contributed by atoms with Crippen LogP contribution in [0.2, 0.25) is 0 Å². The molecule has 3 aromatic heterocycles. The van der Waals surface area contributed by atoms with E-state index in [1.807, 2.05) is 49.4 Å². The lowest BCUT2D eigenvalue weighted by Crippen LogP contribution is -2.20. The topological polar surface area (TPSA) is 54.4 Å². The van der Waals surface area contributed by atoms with Crippen LogP contribution >= 0.6 is 22.7 Å². The number of amides is 1. The molecule has 1 N–H and O–H groups in total. The lowest BCUT2D eigenvalue weighted by Gasteiger charge is -2.09. The Morgan fingerprint density at radius 1 is 1.03 bits per heavy atom. The van der Waals surface area contributed by atoms with Crippen molar-refractivity contribution in [3.63, 3.8) is 0 Å². The van der Waals surface area contributed by atoms with Crippen LogP contribution in [0.4, 0.5) is 0 Å². The number of hydrogen-bond donors (Lipinski definition) is 1. The first-order valence-corrected chi connectivity index (χ1v) is 11.1. The number of hydrazone groups is 1. The van der Waals surface area contributed by atoms with Gasteiger partial charge in [0.05, 0.1) is 32.2 Å². The molecule has 0 bridgehead atoms. The van der Waals surface area contributed by atoms with E-state index in [1.165, 1.54) is 9.75 Å². The van der Waals surface area contributed by atoms with Crippen LogP contribution in [0.1, 0.15) is 38.3 Å². The minimum atomic E-state index is -0.225. The van der Waals surface area contributed by atoms with E-state index in [0.29, 0.717) is 5.56 Å². The van der Waals surface area contributed by atoms with Crippen LogP contribution in [0.15, 0.2) is 59.7 Å². The zero-order chi connectivity index (χ0) is 20.4. The number of carbonyl (C=O) groups is 1. The Morgan fingerprint density at radius 2 is 1.79 bits per heavy atom. The first kappa shape index (κ1) is 19.5. The minimum Gasteiger partial charge on any atom is -0.267 e. The number of carbonyl (C=O) groups excluding carboxylic acids is 1. The summed E-state index contributed by atoms with van der Waals surface area (Å²) in [5.74, 6) is -0.225. The Kier molecular flexibility index (Phi) is 5.56. The maximum Gasteiger partial charge on any atom is 0.272 e. The summed E-state index contributed by atoms with van der Waals surface area (Å²) in [4.78, 5) is 22.4. The number of hydrogen-bond acceptors (Lipinski definition) is 5. The zero-order valence-electron chi connectivity index (χ0n) is 16.5. The third-order valence-corrected chi connectivity index (χ3v) is 6.68. The van der Waals surface area contributed by atoms with Gasteiger partial charge in [-0.3, -0.25) is 4.79 Å². The fourth-order valence-corrected chi connectivity index (χ4v) is 4.89. The fourth-order valence-electron chi connectivity index (χ4n) is 3.14. The summed E-state index contributed by atoms with van der Waals surface area (Å²) < 4.78 is 0. The molecule has 0 radical (unpaired) electrons. The van der Waals surface area contributed by atoms with Gasteiger partial charge in [-0.25, -0.2) is 10.4 Å². The van der Waals surface area contributed by atoms with Crippen molar-refractivity contribution < 1.29 is 4.79 Å². The van der Waals surface area contributed by atoms with Gasteiger partial charge in [0, 0.05) is 15.1 Å². The normalized spacial score (nSPS) is 11.8. The smallest absolute Gasteiger partial charge is 0.267 e. The van der Waals surface area contributed by atoms with E-state index in [9.17, 15) is 4.79 Å². The summed E-state index contributed by atoms with van der Waals surface area (Å²) in [7, 11) is 0. The number of thiophene rings is 2. The number of pyridine rings is 1. The second kappa shape index (κ2) is 8.27. The molecule has 0 aliphatic carbocycles. The van der Waals surface area contributed by atoms with Crippen LogP contribution in [-0.4, -0.2) is 16.6 Å². The molecule has 0 aliphatic rings. The van der Waals surface area contributed by atoms with Crippen molar-refractivity contribution in [3.05, 3.63) is 74.8 Å². The van der Waals surface area contributed by atoms with E-state index < -0.39 is 0 Å². The molecule has 4 rings (SSSR count). The number of nitrogens with zero attached hydrogens (tertiary/aromatic N) is 2. The van der Waals surface area contributed by atoms with Gasteiger partial charge in [-0.05, 0) is 56.7 Å². The van der Waals surface area contributed by atoms with Gasteiger partial charge >= 0.3 is 0 Å². The highest BCUT2D eigenvalue weighted by atomic mass is 32.1. The Morgan fingerprint density at radius 3 is 2.48 bits per heavy atom. The number of fused-ring (bicyclic) bond motifs is 1. The molecule has 4 aromatic rings. The number of para-hydroxylation sites is 1. The number of rotatable bonds is 5. The molecule has 4 nitrogen and oxygen atoms in total. The molecule has 3 heterocycles. The zero-order valence-corrected chi connectivity index (χ0v) is 18.2. The highest BCUT2D eigenvalue weighted by molar-refractivity contribution is 7.15. The van der Waals surface area contributed by atoms with Crippen LogP contribution in [0.5, 0.6) is 0 Å². The maximum atomic E-state index is 13.1. The second-order valence-corrected chi connectivity index (χ2v) is 9.32. The average Bonchev–Trinajstić information content (AvgIpc) is 3.36. The molecule has 0 unspecified atom stereocenters. The Labute approximate surface area is 177 Å². The van der Waals surface area contributed by atoms with Crippen molar-refractivity contribution in [2.45, 2.75) is 27.2 Å². The quantitative estimate of drug-likeness (QED) is 0.310. The van der Waals surface area contributed by atoms with Gasteiger partial charge in [-0.2, -0.15) is 5.10 Å². The van der Waals surface area contributed by atoms with Crippen molar-refractivity contribution in [2.24, 2.45) is 5.10 Å². The van der Waals surface area contributed by atoms with Gasteiger partial charge in [-0.15, -0.1) is 22.7 Å². The minimum absolute atomic E-state index is 0.225. The molecule has 0 saturated carbocycles. The van der Waals surface area contributed by atoms with Gasteiger partial charge in [0.25, 0.3) is 5.91 Å². The molecular weight excluding hydrogens is 398 g/mol. The first-order valence-electron chi connectivity index (χ1n) is 9.45. The van der Waals surface area contributed by atoms with E-state index in [4.69, 9.17) is 4.98 Å². The van der Waals surface area contributed by atoms with Gasteiger partial charge < -0.3 is 0 Å². The predicted octanol–water partition coefficient (Wildman–Crippen LogP) is 6.19. The highest BCUT2D eigenvalue weighted by Gasteiger charge is 2.15. The van der Waals surface area contributed by atoms with Crippen LogP contribution in [-0.2, 0) is 0 Å². The van der Waals surface area contributed by atoms with Crippen molar-refractivity contribution in [1.82, 2.24) is 10.4 Å². The number of aromatic nitrogens is 1. The van der Waals surface area contributed by atoms with Crippen molar-refractivity contribution in [1.29, 1.82) is 0 Å². The number of nitrogens with one attached hydrogen (secondary N) is 1. The highest BCUT2D eigenvalue weighted by Crippen LogP contribution is 2.30. The second-order valence-electron chi connectivity index (χ2n) is 6.75. The Bertz CT molecular complexity index is 1220. The van der Waals surface area contributed by atoms with Gasteiger partial charge in [0.15, 0.2) is 0 Å². The van der Waals surface area contributed by atoms with Crippen LogP contribution in [0.3, 0.4) is 0 Å². The third kappa shape index (κ3) is 4.13. The Balaban J connectivity index is 1.72. The molecular formula is C23H21N3OS2. The summed E-state index contributed by atoms with van der Waals surface area (Å²) in [5, 5.41) is 5.25. The average molecular weight is 420 g/mol. The van der Waals surface area contributed by atoms with E-state index in [-0.39, 0.29) is 5.91 Å². The molecule has 0 saturated heterocycles. The summed E-state index contributed by atoms with van der Waals surface area (Å²) in [6, 6.07) is 17.8. The van der Waals surface area contributed by atoms with Crippen LogP contribution in [0, 0.1) is 13.8 Å². The molecule has 1 aromatic carbocycles. The maximum absolute atomic E-state index is 13.1. The number of benzene rings is 1. The summed E-state index contributed by atoms with van der Waals surface area (Å²) >= 11 is 3.35. The third-order valence-electron chi connectivity index (χ3n) is 4.61. The van der Waals surface area contributed by atoms with E-state index in [1.54, 1.807) is 22.7 Å². The standard InChI is InChI=1S/C23H21N3OS2/c1-4-18(21-11-9-14(2)28-21)25-26-23(27)17-13-20(22-12-10-15(3)29-22)24-19-8-6-5-7-16(17)19/h5-13H,4H2,1-3H3,(H,26,27)/b25-18-. The van der Waals surface area contributed by atoms with E-state index in [2.05, 4.69) is 36.5 Å². The monoisotopic (exact) mass is 419 g/mol. The van der Waals surface area contributed by atoms with E-state index >= 15 is 0 Å². The summed E-state index contributed by atoms with van der Waals surface area (Å²) in [6.45, 7) is 6.17. The van der Waals surface area contributed by atoms with Gasteiger partial charge in [0.2, 0.25) is 0 Å². The Hall–Kier alpha value is -2.83. The van der Waals surface area contributed by atoms with Gasteiger partial charge in [0.1, 0.15) is 0 Å². The largest absolute Gasteiger partial charge is 0.272 e. The molecule has 0 fully saturated rings. The summed E-state index contributed by atoms with van der Waals surface area (Å²) in [5.41, 5.74) is 5.83. The molecule has 0 atom stereocenters. The van der Waals surface area contributed by atoms with Crippen molar-refractivity contribution >= 4 is 45.2 Å². The SMILES string of the molecule is CC/C(=N/NC(=O)c1cc(-c2ccc(C)s2)nc2ccccc12)c1ccc(C)s1. The van der Waals surface area contributed by atoms with Gasteiger partial charge in [-0.1, -0.05) is 25.1 Å². The summed E-state index contributed by atoms with van der Waals surface area (Å²) in [6.07, 6.45) is 0.747. The molecule has 1 amide bonds. The number of aryl methyl sites for hydroxylation is 2. The molecule has 146 valence electrons. The first-order chi connectivity index (χ1) is 14.0. The molecule has 0 spiro atoms. The van der Waals surface area contributed by atoms with Crippen molar-refractivity contribution in [3.8, 4) is 10.6 Å². The van der Waals surface area contributed by atoms with Crippen molar-refractivity contribution in [2.75, 3.05) is 0 Å². The predicted molar refractivity (Wildman–Crippen MR) is 123 cm³/mol. The van der Waals surface area contributed by atoms with Crippen LogP contribution < -0.4 is 5.43 Å². The lowest BCUT2D eigenvalue weighted by atomic mass is 10.1. The fraction of sp³-hybridized carbons (Fsp3) is 0.174.